The van der Waals surface area contributed by atoms with E-state index in [0.29, 0.717) is 0 Å². The van der Waals surface area contributed by atoms with E-state index < -0.39 is 0 Å². The molecule has 1 aliphatic rings. The fraction of sp³-hybridized carbons (Fsp3) is 1.00. The molecule has 14 heavy (non-hydrogen) atoms. The minimum atomic E-state index is 0.854. The zero-order chi connectivity index (χ0) is 10.6. The topological polar surface area (TPSA) is 0 Å². The first-order chi connectivity index (χ1) is 6.54. The van der Waals surface area contributed by atoms with Crippen LogP contribution in [0.25, 0.3) is 0 Å². The molecule has 1 saturated heterocycles. The van der Waals surface area contributed by atoms with Crippen molar-refractivity contribution in [1.29, 1.82) is 0 Å². The SMILES string of the molecule is CC(C)C[N+]1(CC(C)C)CCCCC1. The predicted molar refractivity (Wildman–Crippen MR) is 63.3 cm³/mol. The molecule has 1 fully saturated rings. The van der Waals surface area contributed by atoms with Crippen molar-refractivity contribution in [2.24, 2.45) is 11.8 Å². The number of likely N-dealkylation sites (tertiary alicyclic amines) is 1. The molecule has 0 bridgehead atoms. The third-order valence-electron chi connectivity index (χ3n) is 3.27. The van der Waals surface area contributed by atoms with Gasteiger partial charge in [-0.2, -0.15) is 0 Å². The lowest BCUT2D eigenvalue weighted by Crippen LogP contribution is -2.55. The Hall–Kier alpha value is -0.0400. The molecule has 0 N–H and O–H groups in total. The molecule has 0 aromatic rings. The Labute approximate surface area is 90.1 Å². The van der Waals surface area contributed by atoms with Crippen LogP contribution in [0.5, 0.6) is 0 Å². The molecule has 1 heterocycles. The summed E-state index contributed by atoms with van der Waals surface area (Å²) in [4.78, 5) is 0. The van der Waals surface area contributed by atoms with E-state index in [1.54, 1.807) is 0 Å². The lowest BCUT2D eigenvalue weighted by atomic mass is 10.0. The summed E-state index contributed by atoms with van der Waals surface area (Å²) in [6.07, 6.45) is 4.38. The third kappa shape index (κ3) is 3.61. The monoisotopic (exact) mass is 198 g/mol. The van der Waals surface area contributed by atoms with Crippen molar-refractivity contribution in [1.82, 2.24) is 0 Å². The normalized spacial score (nSPS) is 21.9. The Balaban J connectivity index is 2.57. The van der Waals surface area contributed by atoms with Crippen molar-refractivity contribution in [3.8, 4) is 0 Å². The smallest absolute Gasteiger partial charge is 0.0809 e. The Kier molecular flexibility index (Phi) is 4.43. The summed E-state index contributed by atoms with van der Waals surface area (Å²) in [5, 5.41) is 0. The van der Waals surface area contributed by atoms with Gasteiger partial charge in [-0.3, -0.25) is 0 Å². The highest BCUT2D eigenvalue weighted by Crippen LogP contribution is 2.22. The highest BCUT2D eigenvalue weighted by molar-refractivity contribution is 4.58. The van der Waals surface area contributed by atoms with Gasteiger partial charge in [0.05, 0.1) is 26.2 Å². The maximum atomic E-state index is 2.37. The summed E-state index contributed by atoms with van der Waals surface area (Å²) >= 11 is 0. The molecule has 84 valence electrons. The maximum absolute atomic E-state index is 2.37. The van der Waals surface area contributed by atoms with Crippen LogP contribution in [0.15, 0.2) is 0 Å². The lowest BCUT2D eigenvalue weighted by Gasteiger charge is -2.44. The second kappa shape index (κ2) is 5.16. The molecule has 0 atom stereocenters. The summed E-state index contributed by atoms with van der Waals surface area (Å²) < 4.78 is 1.41. The Morgan fingerprint density at radius 1 is 0.786 bits per heavy atom. The highest BCUT2D eigenvalue weighted by atomic mass is 15.4. The van der Waals surface area contributed by atoms with Gasteiger partial charge in [0.25, 0.3) is 0 Å². The molecule has 1 aliphatic heterocycles. The summed E-state index contributed by atoms with van der Waals surface area (Å²) in [5.74, 6) is 1.71. The number of hydrogen-bond donors (Lipinski definition) is 0. The predicted octanol–water partition coefficient (Wildman–Crippen LogP) is 3.30. The molecule has 0 aromatic heterocycles. The molecule has 1 rings (SSSR count). The van der Waals surface area contributed by atoms with Crippen molar-refractivity contribution >= 4 is 0 Å². The number of piperidine rings is 1. The lowest BCUT2D eigenvalue weighted by molar-refractivity contribution is -0.937. The fourth-order valence-electron chi connectivity index (χ4n) is 3.17. The van der Waals surface area contributed by atoms with Crippen LogP contribution in [-0.2, 0) is 0 Å². The van der Waals surface area contributed by atoms with Crippen LogP contribution >= 0.6 is 0 Å². The second-order valence-electron chi connectivity index (χ2n) is 6.00. The fourth-order valence-corrected chi connectivity index (χ4v) is 3.17. The summed E-state index contributed by atoms with van der Waals surface area (Å²) in [6, 6.07) is 0. The molecule has 0 saturated carbocycles. The van der Waals surface area contributed by atoms with E-state index in [1.165, 1.54) is 49.9 Å². The minimum absolute atomic E-state index is 0.854. The Morgan fingerprint density at radius 2 is 1.21 bits per heavy atom. The van der Waals surface area contributed by atoms with Crippen molar-refractivity contribution in [3.63, 3.8) is 0 Å². The number of quaternary nitrogens is 1. The number of nitrogens with zero attached hydrogens (tertiary/aromatic N) is 1. The van der Waals surface area contributed by atoms with E-state index >= 15 is 0 Å². The standard InChI is InChI=1S/C13H28N/c1-12(2)10-14(11-13(3)4)8-6-5-7-9-14/h12-13H,5-11H2,1-4H3/q+1. The van der Waals surface area contributed by atoms with E-state index in [-0.39, 0.29) is 0 Å². The summed E-state index contributed by atoms with van der Waals surface area (Å²) in [7, 11) is 0. The maximum Gasteiger partial charge on any atom is 0.0809 e. The van der Waals surface area contributed by atoms with E-state index in [9.17, 15) is 0 Å². The van der Waals surface area contributed by atoms with Crippen LogP contribution in [0, 0.1) is 11.8 Å². The van der Waals surface area contributed by atoms with E-state index in [1.807, 2.05) is 0 Å². The second-order valence-corrected chi connectivity index (χ2v) is 6.00. The van der Waals surface area contributed by atoms with Gasteiger partial charge in [-0.25, -0.2) is 0 Å². The highest BCUT2D eigenvalue weighted by Gasteiger charge is 2.31. The van der Waals surface area contributed by atoms with Crippen LogP contribution in [0.3, 0.4) is 0 Å². The van der Waals surface area contributed by atoms with Crippen LogP contribution in [0.4, 0.5) is 0 Å². The van der Waals surface area contributed by atoms with Gasteiger partial charge in [-0.05, 0) is 19.3 Å². The molecule has 0 unspecified atom stereocenters. The molecule has 0 spiro atoms. The molecule has 1 heteroatoms. The van der Waals surface area contributed by atoms with Crippen LogP contribution in [0.1, 0.15) is 47.0 Å². The first-order valence-corrected chi connectivity index (χ1v) is 6.39. The van der Waals surface area contributed by atoms with Gasteiger partial charge in [0.2, 0.25) is 0 Å². The van der Waals surface area contributed by atoms with Crippen LogP contribution in [0.2, 0.25) is 0 Å². The third-order valence-corrected chi connectivity index (χ3v) is 3.27. The number of hydrogen-bond acceptors (Lipinski definition) is 0. The van der Waals surface area contributed by atoms with Crippen molar-refractivity contribution in [2.45, 2.75) is 47.0 Å². The first-order valence-electron chi connectivity index (χ1n) is 6.39. The largest absolute Gasteiger partial charge is 0.323 e. The Bertz CT molecular complexity index is 143. The van der Waals surface area contributed by atoms with Crippen molar-refractivity contribution in [2.75, 3.05) is 26.2 Å². The van der Waals surface area contributed by atoms with Crippen molar-refractivity contribution < 1.29 is 4.48 Å². The Morgan fingerprint density at radius 3 is 1.57 bits per heavy atom. The van der Waals surface area contributed by atoms with Crippen LogP contribution in [-0.4, -0.2) is 30.7 Å². The molecule has 1 nitrogen and oxygen atoms in total. The average molecular weight is 198 g/mol. The molecule has 0 radical (unpaired) electrons. The molecule has 0 aromatic carbocycles. The van der Waals surface area contributed by atoms with Gasteiger partial charge in [-0.15, -0.1) is 0 Å². The molecular formula is C13H28N+. The minimum Gasteiger partial charge on any atom is -0.323 e. The average Bonchev–Trinajstić information content (AvgIpc) is 2.01. The van der Waals surface area contributed by atoms with Gasteiger partial charge in [0, 0.05) is 11.8 Å². The van der Waals surface area contributed by atoms with Gasteiger partial charge >= 0.3 is 0 Å². The quantitative estimate of drug-likeness (QED) is 0.608. The van der Waals surface area contributed by atoms with Crippen LogP contribution < -0.4 is 0 Å². The molecule has 0 amide bonds. The zero-order valence-corrected chi connectivity index (χ0v) is 10.6. The summed E-state index contributed by atoms with van der Waals surface area (Å²) in [5.41, 5.74) is 0. The van der Waals surface area contributed by atoms with Gasteiger partial charge < -0.3 is 4.48 Å². The van der Waals surface area contributed by atoms with Gasteiger partial charge in [-0.1, -0.05) is 27.7 Å². The van der Waals surface area contributed by atoms with Crippen molar-refractivity contribution in [3.05, 3.63) is 0 Å². The first kappa shape index (κ1) is 12.0. The van der Waals surface area contributed by atoms with E-state index in [4.69, 9.17) is 0 Å². The molecule has 0 aliphatic carbocycles. The zero-order valence-electron chi connectivity index (χ0n) is 10.6. The molecular weight excluding hydrogens is 170 g/mol. The van der Waals surface area contributed by atoms with E-state index in [2.05, 4.69) is 27.7 Å². The van der Waals surface area contributed by atoms with E-state index in [0.717, 1.165) is 11.8 Å². The number of rotatable bonds is 4. The van der Waals surface area contributed by atoms with Gasteiger partial charge in [0.1, 0.15) is 0 Å². The summed E-state index contributed by atoms with van der Waals surface area (Å²) in [6.45, 7) is 15.2. The van der Waals surface area contributed by atoms with Gasteiger partial charge in [0.15, 0.2) is 0 Å².